The highest BCUT2D eigenvalue weighted by Gasteiger charge is 2.14. The number of nitrogens with zero attached hydrogens (tertiary/aromatic N) is 2. The van der Waals surface area contributed by atoms with Crippen LogP contribution in [0.2, 0.25) is 0 Å². The van der Waals surface area contributed by atoms with Crippen LogP contribution in [0.1, 0.15) is 13.8 Å². The first-order valence-corrected chi connectivity index (χ1v) is 6.65. The number of aromatic nitrogens is 3. The molecule has 0 saturated heterocycles. The molecular formula is C14H18N4O3. The Hall–Kier alpha value is -2.41. The van der Waals surface area contributed by atoms with Gasteiger partial charge in [-0.05, 0) is 5.92 Å². The van der Waals surface area contributed by atoms with E-state index in [9.17, 15) is 4.79 Å². The molecule has 3 N–H and O–H groups in total. The molecule has 0 bridgehead atoms. The molecule has 0 aliphatic heterocycles. The van der Waals surface area contributed by atoms with Crippen molar-refractivity contribution >= 4 is 22.6 Å². The third kappa shape index (κ3) is 3.79. The number of nitrogens with one attached hydrogen (secondary N) is 2. The van der Waals surface area contributed by atoms with E-state index in [0.29, 0.717) is 35.1 Å². The maximum atomic E-state index is 11.7. The molecule has 2 rings (SSSR count). The lowest BCUT2D eigenvalue weighted by Crippen LogP contribution is -2.09. The van der Waals surface area contributed by atoms with Crippen LogP contribution in [0.15, 0.2) is 24.7 Å². The number of rotatable bonds is 6. The molecular weight excluding hydrogens is 272 g/mol. The standard InChI is InChI=1S/C14H18N4O3/c1-9(2)7-21-14-12-10(18-11(20)4-3-5-19)6-15-13(12)16-8-17-14/h3-4,6,8-9,19H,5,7H2,1-2H3,(H,18,20)(H,15,16,17). The first-order valence-electron chi connectivity index (χ1n) is 6.65. The molecule has 2 aromatic rings. The zero-order valence-electron chi connectivity index (χ0n) is 12.0. The smallest absolute Gasteiger partial charge is 0.248 e. The zero-order chi connectivity index (χ0) is 15.2. The summed E-state index contributed by atoms with van der Waals surface area (Å²) in [6, 6.07) is 0. The number of H-pyrrole nitrogens is 1. The van der Waals surface area contributed by atoms with Gasteiger partial charge in [-0.15, -0.1) is 0 Å². The molecule has 0 aliphatic carbocycles. The van der Waals surface area contributed by atoms with E-state index >= 15 is 0 Å². The van der Waals surface area contributed by atoms with Gasteiger partial charge in [0.25, 0.3) is 0 Å². The van der Waals surface area contributed by atoms with Crippen molar-refractivity contribution in [3.05, 3.63) is 24.7 Å². The Balaban J connectivity index is 2.27. The summed E-state index contributed by atoms with van der Waals surface area (Å²) >= 11 is 0. The van der Waals surface area contributed by atoms with Crippen LogP contribution in [0.3, 0.4) is 0 Å². The van der Waals surface area contributed by atoms with Crippen LogP contribution in [0.5, 0.6) is 5.88 Å². The van der Waals surface area contributed by atoms with Crippen molar-refractivity contribution < 1.29 is 14.6 Å². The number of hydrogen-bond donors (Lipinski definition) is 3. The molecule has 2 aromatic heterocycles. The number of anilines is 1. The van der Waals surface area contributed by atoms with Gasteiger partial charge in [0.1, 0.15) is 17.4 Å². The van der Waals surface area contributed by atoms with Gasteiger partial charge in [0.2, 0.25) is 11.8 Å². The van der Waals surface area contributed by atoms with Crippen molar-refractivity contribution in [2.75, 3.05) is 18.5 Å². The maximum Gasteiger partial charge on any atom is 0.248 e. The van der Waals surface area contributed by atoms with Crippen LogP contribution in [-0.2, 0) is 4.79 Å². The van der Waals surface area contributed by atoms with E-state index in [0.717, 1.165) is 0 Å². The van der Waals surface area contributed by atoms with Crippen molar-refractivity contribution in [3.8, 4) is 5.88 Å². The minimum Gasteiger partial charge on any atom is -0.477 e. The number of carbonyl (C=O) groups is 1. The minimum absolute atomic E-state index is 0.187. The lowest BCUT2D eigenvalue weighted by Gasteiger charge is -2.09. The third-order valence-corrected chi connectivity index (χ3v) is 2.62. The van der Waals surface area contributed by atoms with Gasteiger partial charge in [0.05, 0.1) is 18.9 Å². The average molecular weight is 290 g/mol. The normalized spacial score (nSPS) is 11.4. The van der Waals surface area contributed by atoms with Crippen molar-refractivity contribution in [1.29, 1.82) is 0 Å². The van der Waals surface area contributed by atoms with E-state index in [-0.39, 0.29) is 12.5 Å². The monoisotopic (exact) mass is 290 g/mol. The summed E-state index contributed by atoms with van der Waals surface area (Å²) in [7, 11) is 0. The number of ether oxygens (including phenoxy) is 1. The first-order chi connectivity index (χ1) is 10.1. The van der Waals surface area contributed by atoms with E-state index in [4.69, 9.17) is 9.84 Å². The fourth-order valence-corrected chi connectivity index (χ4v) is 1.72. The number of aromatic amines is 1. The summed E-state index contributed by atoms with van der Waals surface area (Å²) in [4.78, 5) is 22.9. The lowest BCUT2D eigenvalue weighted by molar-refractivity contribution is -0.111. The van der Waals surface area contributed by atoms with Crippen LogP contribution >= 0.6 is 0 Å². The van der Waals surface area contributed by atoms with Crippen LogP contribution in [0.25, 0.3) is 11.0 Å². The molecule has 1 amide bonds. The fraction of sp³-hybridized carbons (Fsp3) is 0.357. The van der Waals surface area contributed by atoms with Crippen molar-refractivity contribution in [2.45, 2.75) is 13.8 Å². The summed E-state index contributed by atoms with van der Waals surface area (Å²) in [6.45, 7) is 4.41. The van der Waals surface area contributed by atoms with Crippen LogP contribution in [-0.4, -0.2) is 39.2 Å². The molecule has 112 valence electrons. The van der Waals surface area contributed by atoms with Gasteiger partial charge in [-0.3, -0.25) is 4.79 Å². The second-order valence-corrected chi connectivity index (χ2v) is 4.88. The predicted molar refractivity (Wildman–Crippen MR) is 79.1 cm³/mol. The van der Waals surface area contributed by atoms with E-state index in [1.54, 1.807) is 6.20 Å². The number of hydrogen-bond acceptors (Lipinski definition) is 5. The number of aliphatic hydroxyl groups excluding tert-OH is 1. The molecule has 0 saturated carbocycles. The lowest BCUT2D eigenvalue weighted by atomic mass is 10.2. The Labute approximate surface area is 122 Å². The van der Waals surface area contributed by atoms with Crippen LogP contribution < -0.4 is 10.1 Å². The molecule has 0 atom stereocenters. The number of carbonyl (C=O) groups excluding carboxylic acids is 1. The molecule has 7 heteroatoms. The van der Waals surface area contributed by atoms with Crippen molar-refractivity contribution in [3.63, 3.8) is 0 Å². The summed E-state index contributed by atoms with van der Waals surface area (Å²) < 4.78 is 5.66. The Kier molecular flexibility index (Phi) is 4.89. The Morgan fingerprint density at radius 2 is 2.33 bits per heavy atom. The topological polar surface area (TPSA) is 100 Å². The second-order valence-electron chi connectivity index (χ2n) is 4.88. The number of fused-ring (bicyclic) bond motifs is 1. The highest BCUT2D eigenvalue weighted by molar-refractivity contribution is 6.06. The third-order valence-electron chi connectivity index (χ3n) is 2.62. The Morgan fingerprint density at radius 3 is 3.05 bits per heavy atom. The SMILES string of the molecule is CC(C)COc1ncnc2[nH]cc(NC(=O)C=CCO)c12. The number of aliphatic hydroxyl groups is 1. The molecule has 0 spiro atoms. The molecule has 0 unspecified atom stereocenters. The molecule has 0 aromatic carbocycles. The van der Waals surface area contributed by atoms with Crippen molar-refractivity contribution in [1.82, 2.24) is 15.0 Å². The van der Waals surface area contributed by atoms with Gasteiger partial charge < -0.3 is 20.1 Å². The Morgan fingerprint density at radius 1 is 1.52 bits per heavy atom. The van der Waals surface area contributed by atoms with Crippen molar-refractivity contribution in [2.24, 2.45) is 5.92 Å². The molecule has 7 nitrogen and oxygen atoms in total. The predicted octanol–water partition coefficient (Wildman–Crippen LogP) is 1.48. The van der Waals surface area contributed by atoms with E-state index in [1.165, 1.54) is 18.5 Å². The van der Waals surface area contributed by atoms with Crippen LogP contribution in [0.4, 0.5) is 5.69 Å². The van der Waals surface area contributed by atoms with Gasteiger partial charge in [0, 0.05) is 12.3 Å². The fourth-order valence-electron chi connectivity index (χ4n) is 1.72. The summed E-state index contributed by atoms with van der Waals surface area (Å²) in [6.07, 6.45) is 5.66. The van der Waals surface area contributed by atoms with Gasteiger partial charge in [0.15, 0.2) is 0 Å². The summed E-state index contributed by atoms with van der Waals surface area (Å²) in [5.74, 6) is 0.444. The van der Waals surface area contributed by atoms with Gasteiger partial charge in [-0.1, -0.05) is 19.9 Å². The van der Waals surface area contributed by atoms with E-state index in [1.807, 2.05) is 13.8 Å². The molecule has 0 fully saturated rings. The highest BCUT2D eigenvalue weighted by atomic mass is 16.5. The zero-order valence-corrected chi connectivity index (χ0v) is 12.0. The van der Waals surface area contributed by atoms with Crippen LogP contribution in [0, 0.1) is 5.92 Å². The minimum atomic E-state index is -0.344. The maximum absolute atomic E-state index is 11.7. The molecule has 21 heavy (non-hydrogen) atoms. The number of amides is 1. The molecule has 2 heterocycles. The molecule has 0 aliphatic rings. The highest BCUT2D eigenvalue weighted by Crippen LogP contribution is 2.29. The summed E-state index contributed by atoms with van der Waals surface area (Å²) in [5.41, 5.74) is 1.13. The van der Waals surface area contributed by atoms with Gasteiger partial charge in [-0.2, -0.15) is 0 Å². The van der Waals surface area contributed by atoms with E-state index < -0.39 is 0 Å². The quantitative estimate of drug-likeness (QED) is 0.700. The second kappa shape index (κ2) is 6.85. The molecule has 0 radical (unpaired) electrons. The average Bonchev–Trinajstić information content (AvgIpc) is 2.86. The van der Waals surface area contributed by atoms with Gasteiger partial charge in [-0.25, -0.2) is 9.97 Å². The Bertz CT molecular complexity index is 649. The van der Waals surface area contributed by atoms with Gasteiger partial charge >= 0.3 is 0 Å². The van der Waals surface area contributed by atoms with E-state index in [2.05, 4.69) is 20.3 Å². The largest absolute Gasteiger partial charge is 0.477 e. The summed E-state index contributed by atoms with van der Waals surface area (Å²) in [5, 5.41) is 12.0. The first kappa shape index (κ1) is 15.0.